The fraction of sp³-hybridized carbons (Fsp3) is 0.381. The van der Waals surface area contributed by atoms with Gasteiger partial charge < -0.3 is 14.8 Å². The molecule has 1 fully saturated rings. The zero-order chi connectivity index (χ0) is 21.1. The van der Waals surface area contributed by atoms with E-state index in [9.17, 15) is 13.2 Å². The van der Waals surface area contributed by atoms with Gasteiger partial charge in [-0.15, -0.1) is 11.8 Å². The molecule has 2 aliphatic rings. The molecule has 160 valence electrons. The maximum absolute atomic E-state index is 12.9. The first-order valence-electron chi connectivity index (χ1n) is 9.88. The molecular formula is C21H24N2O5S2. The van der Waals surface area contributed by atoms with E-state index >= 15 is 0 Å². The predicted octanol–water partition coefficient (Wildman–Crippen LogP) is 3.61. The number of nitrogens with one attached hydrogen (secondary N) is 1. The Morgan fingerprint density at radius 3 is 2.43 bits per heavy atom. The summed E-state index contributed by atoms with van der Waals surface area (Å²) in [7, 11) is -3.60. The summed E-state index contributed by atoms with van der Waals surface area (Å²) in [5.41, 5.74) is 0.885. The molecule has 2 aromatic rings. The number of sulfonamides is 1. The average molecular weight is 449 g/mol. The van der Waals surface area contributed by atoms with Crippen molar-refractivity contribution in [2.75, 3.05) is 37.9 Å². The van der Waals surface area contributed by atoms with Crippen LogP contribution in [-0.4, -0.2) is 51.2 Å². The number of piperidine rings is 1. The van der Waals surface area contributed by atoms with Gasteiger partial charge in [-0.3, -0.25) is 4.79 Å². The van der Waals surface area contributed by atoms with E-state index in [4.69, 9.17) is 9.47 Å². The van der Waals surface area contributed by atoms with E-state index < -0.39 is 10.0 Å². The molecule has 2 heterocycles. The van der Waals surface area contributed by atoms with E-state index in [2.05, 4.69) is 5.32 Å². The van der Waals surface area contributed by atoms with Gasteiger partial charge in [0.15, 0.2) is 11.5 Å². The number of nitrogens with zero attached hydrogens (tertiary/aromatic N) is 1. The number of hydrogen-bond acceptors (Lipinski definition) is 6. The van der Waals surface area contributed by atoms with Gasteiger partial charge in [-0.2, -0.15) is 4.31 Å². The normalized spacial score (nSPS) is 16.8. The lowest BCUT2D eigenvalue weighted by molar-refractivity contribution is 0.102. The fourth-order valence-electron chi connectivity index (χ4n) is 3.58. The van der Waals surface area contributed by atoms with Crippen LogP contribution in [0.15, 0.2) is 46.2 Å². The molecule has 2 aliphatic heterocycles. The van der Waals surface area contributed by atoms with Crippen LogP contribution in [0.1, 0.15) is 29.6 Å². The molecule has 30 heavy (non-hydrogen) atoms. The molecule has 0 atom stereocenters. The SMILES string of the molecule is CSc1cc2c(cc1NC(=O)c1cccc(S(=O)(=O)N3CCCCC3)c1)OCCO2. The lowest BCUT2D eigenvalue weighted by Crippen LogP contribution is -2.35. The number of fused-ring (bicyclic) bond motifs is 1. The van der Waals surface area contributed by atoms with Crippen molar-refractivity contribution >= 4 is 33.4 Å². The molecule has 0 aliphatic carbocycles. The van der Waals surface area contributed by atoms with Crippen molar-refractivity contribution in [3.63, 3.8) is 0 Å². The van der Waals surface area contributed by atoms with Crippen LogP contribution in [0.4, 0.5) is 5.69 Å². The lowest BCUT2D eigenvalue weighted by Gasteiger charge is -2.26. The minimum absolute atomic E-state index is 0.143. The van der Waals surface area contributed by atoms with Crippen LogP contribution in [0.2, 0.25) is 0 Å². The summed E-state index contributed by atoms with van der Waals surface area (Å²) in [5.74, 6) is 0.853. The predicted molar refractivity (Wildman–Crippen MR) is 116 cm³/mol. The van der Waals surface area contributed by atoms with Crippen LogP contribution in [0.5, 0.6) is 11.5 Å². The van der Waals surface area contributed by atoms with Gasteiger partial charge >= 0.3 is 0 Å². The molecule has 0 unspecified atom stereocenters. The van der Waals surface area contributed by atoms with Gasteiger partial charge in [0.1, 0.15) is 13.2 Å². The summed E-state index contributed by atoms with van der Waals surface area (Å²) < 4.78 is 38.6. The number of anilines is 1. The van der Waals surface area contributed by atoms with Gasteiger partial charge in [-0.05, 0) is 43.4 Å². The molecule has 0 radical (unpaired) electrons. The summed E-state index contributed by atoms with van der Waals surface area (Å²) >= 11 is 1.48. The highest BCUT2D eigenvalue weighted by molar-refractivity contribution is 7.98. The van der Waals surface area contributed by atoms with E-state index in [1.54, 1.807) is 18.2 Å². The summed E-state index contributed by atoms with van der Waals surface area (Å²) in [5, 5.41) is 2.88. The fourth-order valence-corrected chi connectivity index (χ4v) is 5.70. The highest BCUT2D eigenvalue weighted by Gasteiger charge is 2.26. The Kier molecular flexibility index (Phi) is 6.21. The molecule has 1 amide bonds. The first-order chi connectivity index (χ1) is 14.5. The van der Waals surface area contributed by atoms with Crippen molar-refractivity contribution in [2.45, 2.75) is 29.1 Å². The second-order valence-electron chi connectivity index (χ2n) is 7.14. The van der Waals surface area contributed by atoms with Crippen molar-refractivity contribution in [2.24, 2.45) is 0 Å². The van der Waals surface area contributed by atoms with Crippen LogP contribution in [0, 0.1) is 0 Å². The Morgan fingerprint density at radius 2 is 1.73 bits per heavy atom. The third-order valence-corrected chi connectivity index (χ3v) is 7.83. The van der Waals surface area contributed by atoms with Crippen molar-refractivity contribution in [1.29, 1.82) is 0 Å². The molecule has 0 spiro atoms. The highest BCUT2D eigenvalue weighted by Crippen LogP contribution is 2.39. The van der Waals surface area contributed by atoms with Crippen molar-refractivity contribution in [3.8, 4) is 11.5 Å². The van der Waals surface area contributed by atoms with Crippen LogP contribution in [-0.2, 0) is 10.0 Å². The molecule has 1 saturated heterocycles. The molecule has 2 aromatic carbocycles. The second-order valence-corrected chi connectivity index (χ2v) is 9.93. The average Bonchev–Trinajstić information content (AvgIpc) is 2.79. The number of carbonyl (C=O) groups excluding carboxylic acids is 1. The first kappa shape index (κ1) is 21.0. The Hall–Kier alpha value is -2.23. The Morgan fingerprint density at radius 1 is 1.03 bits per heavy atom. The van der Waals surface area contributed by atoms with Crippen molar-refractivity contribution < 1.29 is 22.7 Å². The van der Waals surface area contributed by atoms with E-state index in [0.29, 0.717) is 43.5 Å². The van der Waals surface area contributed by atoms with E-state index in [0.717, 1.165) is 24.2 Å². The monoisotopic (exact) mass is 448 g/mol. The Labute approximate surface area is 180 Å². The third-order valence-electron chi connectivity index (χ3n) is 5.16. The van der Waals surface area contributed by atoms with Gasteiger partial charge in [0.05, 0.1) is 10.6 Å². The van der Waals surface area contributed by atoms with Gasteiger partial charge in [0.2, 0.25) is 10.0 Å². The van der Waals surface area contributed by atoms with E-state index in [1.807, 2.05) is 12.3 Å². The van der Waals surface area contributed by atoms with Crippen LogP contribution in [0.25, 0.3) is 0 Å². The number of benzene rings is 2. The number of carbonyl (C=O) groups is 1. The molecule has 0 saturated carbocycles. The van der Waals surface area contributed by atoms with E-state index in [1.165, 1.54) is 28.2 Å². The van der Waals surface area contributed by atoms with Gasteiger partial charge in [0.25, 0.3) is 5.91 Å². The number of ether oxygens (including phenoxy) is 2. The Balaban J connectivity index is 1.58. The molecule has 4 rings (SSSR count). The van der Waals surface area contributed by atoms with Crippen LogP contribution < -0.4 is 14.8 Å². The zero-order valence-corrected chi connectivity index (χ0v) is 18.4. The zero-order valence-electron chi connectivity index (χ0n) is 16.7. The second kappa shape index (κ2) is 8.87. The van der Waals surface area contributed by atoms with Gasteiger partial charge in [-0.1, -0.05) is 12.5 Å². The number of hydrogen-bond donors (Lipinski definition) is 1. The minimum atomic E-state index is -3.60. The minimum Gasteiger partial charge on any atom is -0.486 e. The smallest absolute Gasteiger partial charge is 0.255 e. The summed E-state index contributed by atoms with van der Waals surface area (Å²) in [6.07, 6.45) is 4.68. The van der Waals surface area contributed by atoms with Gasteiger partial charge in [-0.25, -0.2) is 8.42 Å². The first-order valence-corrected chi connectivity index (χ1v) is 12.5. The summed E-state index contributed by atoms with van der Waals surface area (Å²) in [4.78, 5) is 13.9. The lowest BCUT2D eigenvalue weighted by atomic mass is 10.2. The molecule has 0 bridgehead atoms. The largest absolute Gasteiger partial charge is 0.486 e. The summed E-state index contributed by atoms with van der Waals surface area (Å²) in [6.45, 7) is 1.99. The van der Waals surface area contributed by atoms with Crippen molar-refractivity contribution in [3.05, 3.63) is 42.0 Å². The molecule has 1 N–H and O–H groups in total. The van der Waals surface area contributed by atoms with Crippen LogP contribution in [0.3, 0.4) is 0 Å². The van der Waals surface area contributed by atoms with Crippen molar-refractivity contribution in [1.82, 2.24) is 4.31 Å². The number of thioether (sulfide) groups is 1. The van der Waals surface area contributed by atoms with Crippen LogP contribution >= 0.6 is 11.8 Å². The quantitative estimate of drug-likeness (QED) is 0.704. The molecule has 9 heteroatoms. The number of rotatable bonds is 5. The maximum atomic E-state index is 12.9. The number of amides is 1. The standard InChI is InChI=1S/C21H24N2O5S2/c1-29-20-14-19-18(27-10-11-28-19)13-17(20)22-21(24)15-6-5-7-16(12-15)30(25,26)23-8-3-2-4-9-23/h5-7,12-14H,2-4,8-11H2,1H3,(H,22,24). The topological polar surface area (TPSA) is 84.9 Å². The molecular weight excluding hydrogens is 424 g/mol. The molecule has 7 nitrogen and oxygen atoms in total. The third kappa shape index (κ3) is 4.28. The Bertz CT molecular complexity index is 1050. The highest BCUT2D eigenvalue weighted by atomic mass is 32.2. The molecule has 0 aromatic heterocycles. The van der Waals surface area contributed by atoms with Gasteiger partial charge in [0, 0.05) is 29.6 Å². The maximum Gasteiger partial charge on any atom is 0.255 e. The van der Waals surface area contributed by atoms with E-state index in [-0.39, 0.29) is 16.4 Å². The summed E-state index contributed by atoms with van der Waals surface area (Å²) in [6, 6.07) is 9.78.